The maximum Gasteiger partial charge on any atom is 0.0514 e. The quantitative estimate of drug-likeness (QED) is 0.683. The van der Waals surface area contributed by atoms with Gasteiger partial charge in [-0.05, 0) is 36.2 Å². The molecule has 0 fully saturated rings. The predicted molar refractivity (Wildman–Crippen MR) is 88.9 cm³/mol. The van der Waals surface area contributed by atoms with E-state index in [0.717, 1.165) is 30.6 Å². The molecule has 0 amide bonds. The van der Waals surface area contributed by atoms with E-state index in [1.807, 2.05) is 18.2 Å². The summed E-state index contributed by atoms with van der Waals surface area (Å²) in [6, 6.07) is 11.6. The van der Waals surface area contributed by atoms with Gasteiger partial charge in [0.15, 0.2) is 0 Å². The van der Waals surface area contributed by atoms with E-state index in [1.165, 1.54) is 5.56 Å². The molecule has 2 aromatic carbocycles. The summed E-state index contributed by atoms with van der Waals surface area (Å²) in [6.07, 6.45) is 1.10. The molecule has 0 aliphatic rings. The second-order valence-corrected chi connectivity index (χ2v) is 5.83. The zero-order valence-electron chi connectivity index (χ0n) is 11.2. The molecular formula is C16H16Cl3N. The summed E-state index contributed by atoms with van der Waals surface area (Å²) in [5, 5.41) is 5.10. The lowest BCUT2D eigenvalue weighted by atomic mass is 9.99. The number of rotatable bonds is 5. The normalized spacial score (nSPS) is 10.8. The van der Waals surface area contributed by atoms with Gasteiger partial charge in [-0.15, -0.1) is 0 Å². The number of hydrogen-bond acceptors (Lipinski definition) is 1. The minimum atomic E-state index is 0.547. The van der Waals surface area contributed by atoms with Crippen molar-refractivity contribution < 1.29 is 0 Å². The summed E-state index contributed by atoms with van der Waals surface area (Å²) in [5.41, 5.74) is 3.06. The van der Waals surface area contributed by atoms with Gasteiger partial charge in [0, 0.05) is 17.1 Å². The second kappa shape index (κ2) is 7.33. The van der Waals surface area contributed by atoms with E-state index in [9.17, 15) is 0 Å². The first-order chi connectivity index (χ1) is 9.63. The highest BCUT2D eigenvalue weighted by atomic mass is 35.5. The Balaban J connectivity index is 2.42. The van der Waals surface area contributed by atoms with Crippen LogP contribution in [-0.2, 0) is 6.54 Å². The van der Waals surface area contributed by atoms with Crippen LogP contribution in [0.4, 0.5) is 0 Å². The van der Waals surface area contributed by atoms with Crippen LogP contribution in [0.5, 0.6) is 0 Å². The Morgan fingerprint density at radius 1 is 1.00 bits per heavy atom. The van der Waals surface area contributed by atoms with Crippen LogP contribution in [0.3, 0.4) is 0 Å². The summed E-state index contributed by atoms with van der Waals surface area (Å²) in [4.78, 5) is 0. The van der Waals surface area contributed by atoms with Crippen LogP contribution in [-0.4, -0.2) is 6.54 Å². The molecule has 4 heteroatoms. The van der Waals surface area contributed by atoms with Gasteiger partial charge in [0.2, 0.25) is 0 Å². The lowest BCUT2D eigenvalue weighted by Gasteiger charge is -2.13. The monoisotopic (exact) mass is 327 g/mol. The molecule has 0 unspecified atom stereocenters. The molecule has 0 saturated carbocycles. The van der Waals surface area contributed by atoms with Crippen LogP contribution >= 0.6 is 34.8 Å². The Hall–Kier alpha value is -0.730. The van der Waals surface area contributed by atoms with Crippen molar-refractivity contribution in [3.05, 3.63) is 57.0 Å². The molecule has 2 rings (SSSR count). The van der Waals surface area contributed by atoms with Crippen LogP contribution in [0.1, 0.15) is 18.9 Å². The van der Waals surface area contributed by atoms with E-state index in [1.54, 1.807) is 12.1 Å². The van der Waals surface area contributed by atoms with E-state index in [0.29, 0.717) is 15.1 Å². The van der Waals surface area contributed by atoms with E-state index >= 15 is 0 Å². The third kappa shape index (κ3) is 3.67. The molecule has 2 aromatic rings. The van der Waals surface area contributed by atoms with Crippen molar-refractivity contribution in [2.45, 2.75) is 19.9 Å². The summed E-state index contributed by atoms with van der Waals surface area (Å²) in [5.74, 6) is 0. The molecule has 0 heterocycles. The van der Waals surface area contributed by atoms with Gasteiger partial charge in [0.25, 0.3) is 0 Å². The van der Waals surface area contributed by atoms with Crippen molar-refractivity contribution in [1.29, 1.82) is 0 Å². The fourth-order valence-electron chi connectivity index (χ4n) is 2.12. The maximum absolute atomic E-state index is 6.31. The largest absolute Gasteiger partial charge is 0.313 e. The van der Waals surface area contributed by atoms with Gasteiger partial charge in [-0.25, -0.2) is 0 Å². The molecule has 20 heavy (non-hydrogen) atoms. The third-order valence-corrected chi connectivity index (χ3v) is 3.85. The molecule has 0 bridgehead atoms. The van der Waals surface area contributed by atoms with Gasteiger partial charge in [0.05, 0.1) is 10.0 Å². The Kier molecular flexibility index (Phi) is 5.74. The molecule has 0 aromatic heterocycles. The minimum Gasteiger partial charge on any atom is -0.313 e. The highest BCUT2D eigenvalue weighted by molar-refractivity contribution is 6.41. The Morgan fingerprint density at radius 3 is 2.30 bits per heavy atom. The maximum atomic E-state index is 6.31. The van der Waals surface area contributed by atoms with Gasteiger partial charge < -0.3 is 5.32 Å². The first-order valence-electron chi connectivity index (χ1n) is 6.57. The van der Waals surface area contributed by atoms with Crippen LogP contribution < -0.4 is 5.32 Å². The highest BCUT2D eigenvalue weighted by Crippen LogP contribution is 2.38. The average Bonchev–Trinajstić information content (AvgIpc) is 2.39. The topological polar surface area (TPSA) is 12.0 Å². The standard InChI is InChI=1S/C16H16Cl3N/c1-2-7-20-10-11-5-3-4-6-13(11)16-14(18)8-12(17)9-15(16)19/h3-6,8-9,20H,2,7,10H2,1H3. The Morgan fingerprint density at radius 2 is 1.65 bits per heavy atom. The number of hydrogen-bond donors (Lipinski definition) is 1. The fourth-order valence-corrected chi connectivity index (χ4v) is 3.14. The predicted octanol–water partition coefficient (Wildman–Crippen LogP) is 5.81. The zero-order chi connectivity index (χ0) is 14.5. The van der Waals surface area contributed by atoms with Crippen LogP contribution in [0.2, 0.25) is 15.1 Å². The van der Waals surface area contributed by atoms with E-state index in [-0.39, 0.29) is 0 Å². The van der Waals surface area contributed by atoms with Crippen molar-refractivity contribution in [2.24, 2.45) is 0 Å². The fraction of sp³-hybridized carbons (Fsp3) is 0.250. The average molecular weight is 329 g/mol. The van der Waals surface area contributed by atoms with Gasteiger partial charge in [-0.3, -0.25) is 0 Å². The second-order valence-electron chi connectivity index (χ2n) is 4.58. The van der Waals surface area contributed by atoms with Crippen molar-refractivity contribution >= 4 is 34.8 Å². The van der Waals surface area contributed by atoms with Crippen LogP contribution in [0.15, 0.2) is 36.4 Å². The van der Waals surface area contributed by atoms with Crippen molar-refractivity contribution in [3.63, 3.8) is 0 Å². The SMILES string of the molecule is CCCNCc1ccccc1-c1c(Cl)cc(Cl)cc1Cl. The summed E-state index contributed by atoms with van der Waals surface area (Å²) in [7, 11) is 0. The van der Waals surface area contributed by atoms with Crippen molar-refractivity contribution in [1.82, 2.24) is 5.32 Å². The zero-order valence-corrected chi connectivity index (χ0v) is 13.5. The van der Waals surface area contributed by atoms with Crippen LogP contribution in [0, 0.1) is 0 Å². The van der Waals surface area contributed by atoms with Gasteiger partial charge >= 0.3 is 0 Å². The lowest BCUT2D eigenvalue weighted by molar-refractivity contribution is 0.676. The van der Waals surface area contributed by atoms with E-state index < -0.39 is 0 Å². The molecule has 0 saturated heterocycles. The molecule has 1 nitrogen and oxygen atoms in total. The third-order valence-electron chi connectivity index (χ3n) is 3.04. The highest BCUT2D eigenvalue weighted by Gasteiger charge is 2.13. The number of benzene rings is 2. The Labute approximate surface area is 134 Å². The van der Waals surface area contributed by atoms with E-state index in [4.69, 9.17) is 34.8 Å². The number of nitrogens with one attached hydrogen (secondary N) is 1. The summed E-state index contributed by atoms with van der Waals surface area (Å²) < 4.78 is 0. The minimum absolute atomic E-state index is 0.547. The van der Waals surface area contributed by atoms with Gasteiger partial charge in [-0.2, -0.15) is 0 Å². The molecule has 0 atom stereocenters. The molecule has 1 N–H and O–H groups in total. The first-order valence-corrected chi connectivity index (χ1v) is 7.70. The molecule has 0 radical (unpaired) electrons. The summed E-state index contributed by atoms with van der Waals surface area (Å²) >= 11 is 18.6. The van der Waals surface area contributed by atoms with Gasteiger partial charge in [0.1, 0.15) is 0 Å². The van der Waals surface area contributed by atoms with E-state index in [2.05, 4.69) is 18.3 Å². The van der Waals surface area contributed by atoms with Crippen molar-refractivity contribution in [2.75, 3.05) is 6.54 Å². The molecule has 106 valence electrons. The number of halogens is 3. The summed E-state index contributed by atoms with van der Waals surface area (Å²) in [6.45, 7) is 3.92. The molecule has 0 aliphatic heterocycles. The smallest absolute Gasteiger partial charge is 0.0514 e. The van der Waals surface area contributed by atoms with Gasteiger partial charge in [-0.1, -0.05) is 66.0 Å². The first kappa shape index (κ1) is 15.7. The molecule has 0 spiro atoms. The van der Waals surface area contributed by atoms with Crippen molar-refractivity contribution in [3.8, 4) is 11.1 Å². The lowest BCUT2D eigenvalue weighted by Crippen LogP contribution is -2.14. The van der Waals surface area contributed by atoms with Crippen LogP contribution in [0.25, 0.3) is 11.1 Å². The molecule has 0 aliphatic carbocycles. The molecular weight excluding hydrogens is 313 g/mol. The Bertz CT molecular complexity index is 573.